The van der Waals surface area contributed by atoms with Gasteiger partial charge < -0.3 is 15.5 Å². The van der Waals surface area contributed by atoms with E-state index in [1.807, 2.05) is 0 Å². The predicted octanol–water partition coefficient (Wildman–Crippen LogP) is 0.219. The van der Waals surface area contributed by atoms with Crippen LogP contribution >= 0.6 is 0 Å². The van der Waals surface area contributed by atoms with Gasteiger partial charge in [-0.2, -0.15) is 13.2 Å². The number of hydrogen-bond donors (Lipinski definition) is 3. The van der Waals surface area contributed by atoms with Crippen LogP contribution < -0.4 is 5.32 Å². The zero-order valence-electron chi connectivity index (χ0n) is 7.18. The van der Waals surface area contributed by atoms with Gasteiger partial charge in [-0.3, -0.25) is 0 Å². The molecule has 15 heavy (non-hydrogen) atoms. The molecule has 0 aliphatic carbocycles. The molecule has 0 saturated carbocycles. The fourth-order valence-electron chi connectivity index (χ4n) is 0.643. The molecule has 0 bridgehead atoms. The maximum atomic E-state index is 12.0. The molecule has 0 radical (unpaired) electrons. The minimum atomic E-state index is -5.08. The van der Waals surface area contributed by atoms with Crippen molar-refractivity contribution in [2.75, 3.05) is 13.1 Å². The lowest BCUT2D eigenvalue weighted by Gasteiger charge is -2.09. The van der Waals surface area contributed by atoms with E-state index in [1.165, 1.54) is 0 Å². The lowest BCUT2D eigenvalue weighted by atomic mass is 10.2. The van der Waals surface area contributed by atoms with E-state index in [1.54, 1.807) is 0 Å². The summed E-state index contributed by atoms with van der Waals surface area (Å²) in [4.78, 5) is 8.90. The van der Waals surface area contributed by atoms with Gasteiger partial charge in [-0.05, 0) is 0 Å². The fraction of sp³-hybridized carbons (Fsp3) is 0.833. The van der Waals surface area contributed by atoms with Crippen LogP contribution in [0.5, 0.6) is 0 Å². The predicted molar refractivity (Wildman–Crippen MR) is 37.5 cm³/mol. The highest BCUT2D eigenvalue weighted by molar-refractivity contribution is 5.73. The smallest absolute Gasteiger partial charge is 0.475 e. The van der Waals surface area contributed by atoms with Crippen LogP contribution in [0.3, 0.4) is 0 Å². The highest BCUT2D eigenvalue weighted by Gasteiger charge is 2.42. The lowest BCUT2D eigenvalue weighted by molar-refractivity contribution is -0.192. The van der Waals surface area contributed by atoms with Crippen LogP contribution in [0.4, 0.5) is 22.0 Å². The second-order valence-electron chi connectivity index (χ2n) is 2.71. The number of carboxylic acid groups (broad SMARTS) is 1. The van der Waals surface area contributed by atoms with E-state index in [9.17, 15) is 22.0 Å². The van der Waals surface area contributed by atoms with E-state index in [0.29, 0.717) is 0 Å². The summed E-state index contributed by atoms with van der Waals surface area (Å²) < 4.78 is 55.8. The van der Waals surface area contributed by atoms with Gasteiger partial charge in [0.1, 0.15) is 6.10 Å². The van der Waals surface area contributed by atoms with E-state index in [4.69, 9.17) is 15.0 Å². The molecule has 0 aromatic heterocycles. The quantitative estimate of drug-likeness (QED) is 0.527. The molecule has 1 heterocycles. The first-order valence-electron chi connectivity index (χ1n) is 3.64. The maximum absolute atomic E-state index is 12.0. The first-order chi connectivity index (χ1) is 6.57. The number of β-amino-alcohol motifs (C(OH)–C–C–N with tert-alkyl or cyclic N) is 1. The first kappa shape index (κ1) is 14.0. The molecule has 1 saturated heterocycles. The molecule has 1 rings (SSSR count). The van der Waals surface area contributed by atoms with Gasteiger partial charge in [0.15, 0.2) is 0 Å². The Kier molecular flexibility index (Phi) is 4.41. The van der Waals surface area contributed by atoms with Crippen molar-refractivity contribution in [3.05, 3.63) is 0 Å². The van der Waals surface area contributed by atoms with Crippen molar-refractivity contribution in [1.82, 2.24) is 5.32 Å². The average Bonchev–Trinajstić information content (AvgIpc) is 2.29. The van der Waals surface area contributed by atoms with E-state index < -0.39 is 30.7 Å². The molecule has 9 heteroatoms. The molecular weight excluding hydrogens is 229 g/mol. The Labute approximate surface area is 80.7 Å². The first-order valence-corrected chi connectivity index (χ1v) is 3.64. The van der Waals surface area contributed by atoms with E-state index in [-0.39, 0.29) is 6.54 Å². The Morgan fingerprint density at radius 3 is 1.87 bits per heavy atom. The van der Waals surface area contributed by atoms with Gasteiger partial charge in [-0.15, -0.1) is 0 Å². The van der Waals surface area contributed by atoms with E-state index in [0.717, 1.165) is 0 Å². The Balaban J connectivity index is 0.000000265. The summed E-state index contributed by atoms with van der Waals surface area (Å²) in [5.41, 5.74) is 0. The van der Waals surface area contributed by atoms with Crippen molar-refractivity contribution in [2.45, 2.75) is 18.2 Å². The third-order valence-corrected chi connectivity index (χ3v) is 1.43. The summed E-state index contributed by atoms with van der Waals surface area (Å²) >= 11 is 0. The standard InChI is InChI=1S/C4H7F2NO.C2HF3O2/c5-4(6)2-7-1-3(4)8;3-2(4,5)1(6)7/h3,7-8H,1-2H2;(H,6,7). The Bertz CT molecular complexity index is 229. The molecule has 0 spiro atoms. The molecule has 4 nitrogen and oxygen atoms in total. The molecule has 1 fully saturated rings. The number of aliphatic hydroxyl groups is 1. The summed E-state index contributed by atoms with van der Waals surface area (Å²) in [5, 5.41) is 17.9. The van der Waals surface area contributed by atoms with Gasteiger partial charge in [0.2, 0.25) is 0 Å². The van der Waals surface area contributed by atoms with Crippen LogP contribution in [0.25, 0.3) is 0 Å². The van der Waals surface area contributed by atoms with Crippen LogP contribution in [0, 0.1) is 0 Å². The number of aliphatic hydroxyl groups excluding tert-OH is 1. The summed E-state index contributed by atoms with van der Waals surface area (Å²) in [7, 11) is 0. The van der Waals surface area contributed by atoms with Crippen LogP contribution in [0.1, 0.15) is 0 Å². The molecule has 1 aliphatic rings. The van der Waals surface area contributed by atoms with Gasteiger partial charge in [-0.25, -0.2) is 13.6 Å². The second-order valence-corrected chi connectivity index (χ2v) is 2.71. The molecule has 3 N–H and O–H groups in total. The zero-order valence-corrected chi connectivity index (χ0v) is 7.18. The zero-order chi connectivity index (χ0) is 12.3. The molecule has 0 aromatic carbocycles. The van der Waals surface area contributed by atoms with Gasteiger partial charge in [0, 0.05) is 6.54 Å². The minimum absolute atomic E-state index is 0.00694. The van der Waals surface area contributed by atoms with E-state index in [2.05, 4.69) is 5.32 Å². The number of aliphatic carboxylic acids is 1. The van der Waals surface area contributed by atoms with Crippen LogP contribution in [0.15, 0.2) is 0 Å². The Hall–Kier alpha value is -0.960. The highest BCUT2D eigenvalue weighted by Crippen LogP contribution is 2.20. The van der Waals surface area contributed by atoms with Crippen molar-refractivity contribution < 1.29 is 37.0 Å². The average molecular weight is 237 g/mol. The third-order valence-electron chi connectivity index (χ3n) is 1.43. The molecule has 0 aromatic rings. The molecule has 1 atom stereocenters. The summed E-state index contributed by atoms with van der Waals surface area (Å²) in [6, 6.07) is 0. The topological polar surface area (TPSA) is 69.6 Å². The van der Waals surface area contributed by atoms with Crippen molar-refractivity contribution in [2.24, 2.45) is 0 Å². The van der Waals surface area contributed by atoms with Crippen LogP contribution in [-0.2, 0) is 4.79 Å². The number of hydrogen-bond acceptors (Lipinski definition) is 3. The Morgan fingerprint density at radius 2 is 1.80 bits per heavy atom. The number of carbonyl (C=O) groups is 1. The fourth-order valence-corrected chi connectivity index (χ4v) is 0.643. The van der Waals surface area contributed by atoms with Crippen molar-refractivity contribution in [3.63, 3.8) is 0 Å². The molecule has 90 valence electrons. The highest BCUT2D eigenvalue weighted by atomic mass is 19.4. The van der Waals surface area contributed by atoms with Gasteiger partial charge in [0.25, 0.3) is 5.92 Å². The number of rotatable bonds is 0. The van der Waals surface area contributed by atoms with Gasteiger partial charge in [0.05, 0.1) is 6.54 Å². The lowest BCUT2D eigenvalue weighted by Crippen LogP contribution is -2.30. The summed E-state index contributed by atoms with van der Waals surface area (Å²) in [6.07, 6.45) is -6.57. The summed E-state index contributed by atoms with van der Waals surface area (Å²) in [5.74, 6) is -5.66. The Morgan fingerprint density at radius 1 is 1.40 bits per heavy atom. The van der Waals surface area contributed by atoms with Crippen LogP contribution in [-0.4, -0.2) is 47.5 Å². The maximum Gasteiger partial charge on any atom is 0.490 e. The molecule has 0 amide bonds. The van der Waals surface area contributed by atoms with Crippen LogP contribution in [0.2, 0.25) is 0 Å². The monoisotopic (exact) mass is 237 g/mol. The normalized spacial score (nSPS) is 24.3. The van der Waals surface area contributed by atoms with Gasteiger partial charge in [-0.1, -0.05) is 0 Å². The van der Waals surface area contributed by atoms with E-state index >= 15 is 0 Å². The number of nitrogens with one attached hydrogen (secondary N) is 1. The number of halogens is 5. The minimum Gasteiger partial charge on any atom is -0.475 e. The SMILES string of the molecule is O=C(O)C(F)(F)F.OC1CNCC1(F)F. The summed E-state index contributed by atoms with van der Waals surface area (Å²) in [6.45, 7) is -0.388. The van der Waals surface area contributed by atoms with Gasteiger partial charge >= 0.3 is 12.1 Å². The molecule has 1 aliphatic heterocycles. The third kappa shape index (κ3) is 4.88. The molecule has 1 unspecified atom stereocenters. The van der Waals surface area contributed by atoms with Crippen molar-refractivity contribution in [1.29, 1.82) is 0 Å². The number of alkyl halides is 5. The number of carboxylic acids is 1. The van der Waals surface area contributed by atoms with Crippen molar-refractivity contribution in [3.8, 4) is 0 Å². The molecular formula is C6H8F5NO3. The van der Waals surface area contributed by atoms with Crippen molar-refractivity contribution >= 4 is 5.97 Å². The second kappa shape index (κ2) is 4.71. The largest absolute Gasteiger partial charge is 0.490 e.